The molecular formula is C16H22Cl2N2O3. The van der Waals surface area contributed by atoms with E-state index in [4.69, 9.17) is 38.4 Å². The smallest absolute Gasteiger partial charge is 0.241 e. The summed E-state index contributed by atoms with van der Waals surface area (Å²) in [5.74, 6) is 1.02. The topological polar surface area (TPSA) is 64.8 Å². The van der Waals surface area contributed by atoms with E-state index in [0.717, 1.165) is 12.8 Å². The highest BCUT2D eigenvalue weighted by molar-refractivity contribution is 6.34. The summed E-state index contributed by atoms with van der Waals surface area (Å²) in [6.45, 7) is 2.22. The molecule has 7 heteroatoms. The summed E-state index contributed by atoms with van der Waals surface area (Å²) in [5.41, 5.74) is 5.79. The highest BCUT2D eigenvalue weighted by Gasteiger charge is 2.26. The Morgan fingerprint density at radius 2 is 1.91 bits per heavy atom. The van der Waals surface area contributed by atoms with Gasteiger partial charge >= 0.3 is 0 Å². The van der Waals surface area contributed by atoms with E-state index in [1.807, 2.05) is 0 Å². The standard InChI is InChI=1S/C16H22Cl2N2O3/c1-22-10-15(19)16(21)20-4-2-11(3-5-20)9-23-14-7-12(17)6-13(18)8-14/h6-8,11,15H,2-5,9-10,19H2,1H3. The molecule has 5 nitrogen and oxygen atoms in total. The molecule has 2 N–H and O–H groups in total. The number of rotatable bonds is 6. The van der Waals surface area contributed by atoms with Crippen LogP contribution in [0.25, 0.3) is 0 Å². The predicted molar refractivity (Wildman–Crippen MR) is 91.1 cm³/mol. The van der Waals surface area contributed by atoms with Crippen LogP contribution in [0.2, 0.25) is 10.0 Å². The lowest BCUT2D eigenvalue weighted by molar-refractivity contribution is -0.135. The second-order valence-corrected chi connectivity index (χ2v) is 6.62. The van der Waals surface area contributed by atoms with Crippen LogP contribution >= 0.6 is 23.2 Å². The van der Waals surface area contributed by atoms with E-state index < -0.39 is 6.04 Å². The third-order valence-electron chi connectivity index (χ3n) is 3.91. The van der Waals surface area contributed by atoms with Gasteiger partial charge in [-0.1, -0.05) is 23.2 Å². The Kier molecular flexibility index (Phi) is 6.96. The Balaban J connectivity index is 1.77. The molecule has 1 aliphatic rings. The lowest BCUT2D eigenvalue weighted by atomic mass is 9.97. The zero-order valence-electron chi connectivity index (χ0n) is 13.1. The molecule has 1 aliphatic heterocycles. The minimum absolute atomic E-state index is 0.0483. The number of likely N-dealkylation sites (tertiary alicyclic amines) is 1. The molecule has 1 unspecified atom stereocenters. The summed E-state index contributed by atoms with van der Waals surface area (Å²) in [4.78, 5) is 13.9. The van der Waals surface area contributed by atoms with Crippen molar-refractivity contribution >= 4 is 29.1 Å². The van der Waals surface area contributed by atoms with Crippen LogP contribution in [0.1, 0.15) is 12.8 Å². The first kappa shape index (κ1) is 18.3. The summed E-state index contributed by atoms with van der Waals surface area (Å²) in [5, 5.41) is 1.11. The molecular weight excluding hydrogens is 339 g/mol. The van der Waals surface area contributed by atoms with Crippen LogP contribution in [-0.4, -0.2) is 50.3 Å². The van der Waals surface area contributed by atoms with Gasteiger partial charge in [0.1, 0.15) is 11.8 Å². The maximum Gasteiger partial charge on any atom is 0.241 e. The summed E-state index contributed by atoms with van der Waals surface area (Å²) in [6.07, 6.45) is 1.78. The molecule has 1 atom stereocenters. The van der Waals surface area contributed by atoms with Crippen molar-refractivity contribution in [3.05, 3.63) is 28.2 Å². The zero-order chi connectivity index (χ0) is 16.8. The Morgan fingerprint density at radius 3 is 2.48 bits per heavy atom. The van der Waals surface area contributed by atoms with Crippen LogP contribution in [-0.2, 0) is 9.53 Å². The quantitative estimate of drug-likeness (QED) is 0.846. The molecule has 0 aliphatic carbocycles. The number of nitrogens with two attached hydrogens (primary N) is 1. The highest BCUT2D eigenvalue weighted by Crippen LogP contribution is 2.26. The monoisotopic (exact) mass is 360 g/mol. The number of carbonyl (C=O) groups excluding carboxylic acids is 1. The molecule has 0 aromatic heterocycles. The van der Waals surface area contributed by atoms with Gasteiger partial charge in [0.05, 0.1) is 13.2 Å². The lowest BCUT2D eigenvalue weighted by Gasteiger charge is -2.33. The molecule has 0 saturated carbocycles. The van der Waals surface area contributed by atoms with Crippen molar-refractivity contribution in [3.63, 3.8) is 0 Å². The molecule has 128 valence electrons. The van der Waals surface area contributed by atoms with Crippen molar-refractivity contribution < 1.29 is 14.3 Å². The molecule has 23 heavy (non-hydrogen) atoms. The maximum absolute atomic E-state index is 12.1. The lowest BCUT2D eigenvalue weighted by Crippen LogP contribution is -2.49. The van der Waals surface area contributed by atoms with Gasteiger partial charge in [-0.25, -0.2) is 0 Å². The van der Waals surface area contributed by atoms with Crippen LogP contribution in [0.15, 0.2) is 18.2 Å². The number of nitrogens with zero attached hydrogens (tertiary/aromatic N) is 1. The predicted octanol–water partition coefficient (Wildman–Crippen LogP) is 2.58. The Hall–Kier alpha value is -1.01. The van der Waals surface area contributed by atoms with Gasteiger partial charge in [-0.2, -0.15) is 0 Å². The molecule has 0 bridgehead atoms. The first-order valence-corrected chi connectivity index (χ1v) is 8.37. The average molecular weight is 361 g/mol. The third-order valence-corrected chi connectivity index (χ3v) is 4.35. The number of amides is 1. The van der Waals surface area contributed by atoms with Gasteiger partial charge in [-0.15, -0.1) is 0 Å². The third kappa shape index (κ3) is 5.53. The zero-order valence-corrected chi connectivity index (χ0v) is 14.6. The second kappa shape index (κ2) is 8.73. The van der Waals surface area contributed by atoms with Crippen molar-refractivity contribution in [2.24, 2.45) is 11.7 Å². The first-order valence-electron chi connectivity index (χ1n) is 7.61. The summed E-state index contributed by atoms with van der Waals surface area (Å²) in [7, 11) is 1.54. The number of methoxy groups -OCH3 is 1. The number of hydrogen-bond acceptors (Lipinski definition) is 4. The van der Waals surface area contributed by atoms with Gasteiger partial charge < -0.3 is 20.1 Å². The summed E-state index contributed by atoms with van der Waals surface area (Å²) < 4.78 is 10.7. The van der Waals surface area contributed by atoms with Gasteiger partial charge in [0.15, 0.2) is 0 Å². The largest absolute Gasteiger partial charge is 0.493 e. The SMILES string of the molecule is COCC(N)C(=O)N1CCC(COc2cc(Cl)cc(Cl)c2)CC1. The van der Waals surface area contributed by atoms with Crippen LogP contribution in [0.3, 0.4) is 0 Å². The molecule has 1 fully saturated rings. The van der Waals surface area contributed by atoms with Crippen LogP contribution in [0, 0.1) is 5.92 Å². The van der Waals surface area contributed by atoms with Gasteiger partial charge in [-0.05, 0) is 37.0 Å². The minimum atomic E-state index is -0.582. The van der Waals surface area contributed by atoms with Crippen LogP contribution in [0.4, 0.5) is 0 Å². The second-order valence-electron chi connectivity index (χ2n) is 5.75. The summed E-state index contributed by atoms with van der Waals surface area (Å²) in [6, 6.07) is 4.58. The van der Waals surface area contributed by atoms with Crippen LogP contribution < -0.4 is 10.5 Å². The van der Waals surface area contributed by atoms with E-state index >= 15 is 0 Å². The number of benzene rings is 1. The normalized spacial score (nSPS) is 17.1. The van der Waals surface area contributed by atoms with Gasteiger partial charge in [0, 0.05) is 30.2 Å². The molecule has 2 rings (SSSR count). The van der Waals surface area contributed by atoms with Gasteiger partial charge in [0.25, 0.3) is 0 Å². The van der Waals surface area contributed by atoms with Gasteiger partial charge in [-0.3, -0.25) is 4.79 Å². The van der Waals surface area contributed by atoms with Crippen molar-refractivity contribution in [2.75, 3.05) is 33.4 Å². The number of piperidine rings is 1. The van der Waals surface area contributed by atoms with Crippen LogP contribution in [0.5, 0.6) is 5.75 Å². The highest BCUT2D eigenvalue weighted by atomic mass is 35.5. The van der Waals surface area contributed by atoms with E-state index in [0.29, 0.717) is 41.4 Å². The molecule has 1 amide bonds. The molecule has 1 aromatic rings. The van der Waals surface area contributed by atoms with Crippen molar-refractivity contribution in [3.8, 4) is 5.75 Å². The molecule has 0 radical (unpaired) electrons. The number of carbonyl (C=O) groups is 1. The van der Waals surface area contributed by atoms with Crippen molar-refractivity contribution in [2.45, 2.75) is 18.9 Å². The van der Waals surface area contributed by atoms with Gasteiger partial charge in [0.2, 0.25) is 5.91 Å². The molecule has 1 heterocycles. The Bertz CT molecular complexity index is 514. The van der Waals surface area contributed by atoms with E-state index in [9.17, 15) is 4.79 Å². The number of hydrogen-bond donors (Lipinski definition) is 1. The number of ether oxygens (including phenoxy) is 2. The molecule has 1 aromatic carbocycles. The van der Waals surface area contributed by atoms with E-state index in [1.54, 1.807) is 30.2 Å². The number of halogens is 2. The fraction of sp³-hybridized carbons (Fsp3) is 0.562. The average Bonchev–Trinajstić information content (AvgIpc) is 2.52. The Labute approximate surface area is 146 Å². The first-order chi connectivity index (χ1) is 11.0. The molecule has 0 spiro atoms. The van der Waals surface area contributed by atoms with Crippen molar-refractivity contribution in [1.29, 1.82) is 0 Å². The van der Waals surface area contributed by atoms with Crippen molar-refractivity contribution in [1.82, 2.24) is 4.90 Å². The van der Waals surface area contributed by atoms with E-state index in [1.165, 1.54) is 0 Å². The van der Waals surface area contributed by atoms with E-state index in [2.05, 4.69) is 0 Å². The molecule has 1 saturated heterocycles. The Morgan fingerprint density at radius 1 is 1.30 bits per heavy atom. The fourth-order valence-electron chi connectivity index (χ4n) is 2.63. The maximum atomic E-state index is 12.1. The summed E-state index contributed by atoms with van der Waals surface area (Å²) >= 11 is 11.9. The minimum Gasteiger partial charge on any atom is -0.493 e. The fourth-order valence-corrected chi connectivity index (χ4v) is 3.14. The van der Waals surface area contributed by atoms with E-state index in [-0.39, 0.29) is 12.5 Å².